The number of hydrogen-bond acceptors (Lipinski definition) is 4. The number of nitrogens with zero attached hydrogens (tertiary/aromatic N) is 3. The van der Waals surface area contributed by atoms with E-state index in [2.05, 4.69) is 71.7 Å². The largest absolute Gasteiger partial charge is 0.379 e. The van der Waals surface area contributed by atoms with Gasteiger partial charge in [0.05, 0.1) is 19.8 Å². The van der Waals surface area contributed by atoms with Gasteiger partial charge in [0.15, 0.2) is 5.96 Å². The molecule has 1 saturated heterocycles. The lowest BCUT2D eigenvalue weighted by Gasteiger charge is -2.31. The van der Waals surface area contributed by atoms with Crippen LogP contribution in [0.3, 0.4) is 0 Å². The van der Waals surface area contributed by atoms with E-state index in [1.807, 2.05) is 0 Å². The van der Waals surface area contributed by atoms with Crippen LogP contribution in [-0.2, 0) is 4.74 Å². The van der Waals surface area contributed by atoms with E-state index in [4.69, 9.17) is 9.73 Å². The predicted octanol–water partition coefficient (Wildman–Crippen LogP) is 2.18. The molecule has 1 aliphatic rings. The number of ether oxygens (including phenoxy) is 1. The molecule has 1 aromatic carbocycles. The molecule has 0 radical (unpaired) electrons. The third-order valence-corrected chi connectivity index (χ3v) is 4.94. The van der Waals surface area contributed by atoms with Crippen LogP contribution in [0.1, 0.15) is 26.7 Å². The van der Waals surface area contributed by atoms with Crippen LogP contribution in [0.2, 0.25) is 0 Å². The summed E-state index contributed by atoms with van der Waals surface area (Å²) in [6.07, 6.45) is 2.28. The Morgan fingerprint density at radius 2 is 1.93 bits per heavy atom. The van der Waals surface area contributed by atoms with Gasteiger partial charge in [0, 0.05) is 51.5 Å². The summed E-state index contributed by atoms with van der Waals surface area (Å²) < 4.78 is 5.43. The molecular weight excluding hydrogens is 338 g/mol. The zero-order chi connectivity index (χ0) is 19.3. The maximum Gasteiger partial charge on any atom is 0.191 e. The molecule has 2 rings (SSSR count). The molecule has 27 heavy (non-hydrogen) atoms. The van der Waals surface area contributed by atoms with Gasteiger partial charge >= 0.3 is 0 Å². The number of hydrogen-bond donors (Lipinski definition) is 2. The molecule has 6 nitrogen and oxygen atoms in total. The van der Waals surface area contributed by atoms with E-state index in [-0.39, 0.29) is 0 Å². The second-order valence-electron chi connectivity index (χ2n) is 7.11. The fourth-order valence-corrected chi connectivity index (χ4v) is 3.19. The molecule has 1 heterocycles. The normalized spacial score (nSPS) is 16.8. The first kappa shape index (κ1) is 21.5. The maximum atomic E-state index is 5.43. The van der Waals surface area contributed by atoms with Gasteiger partial charge in [-0.1, -0.05) is 18.2 Å². The van der Waals surface area contributed by atoms with Crippen LogP contribution in [0.4, 0.5) is 5.69 Å². The van der Waals surface area contributed by atoms with E-state index in [1.165, 1.54) is 5.69 Å². The van der Waals surface area contributed by atoms with Gasteiger partial charge in [-0.25, -0.2) is 0 Å². The molecule has 0 aliphatic carbocycles. The minimum absolute atomic E-state index is 0.448. The van der Waals surface area contributed by atoms with Gasteiger partial charge in [-0.3, -0.25) is 9.89 Å². The summed E-state index contributed by atoms with van der Waals surface area (Å²) >= 11 is 0. The van der Waals surface area contributed by atoms with Crippen molar-refractivity contribution in [2.24, 2.45) is 4.99 Å². The second-order valence-corrected chi connectivity index (χ2v) is 7.11. The number of aliphatic imine (C=N–C) groups is 1. The summed E-state index contributed by atoms with van der Waals surface area (Å²) in [5.41, 5.74) is 1.28. The molecule has 1 aromatic rings. The van der Waals surface area contributed by atoms with E-state index in [0.29, 0.717) is 6.04 Å². The number of unbranched alkanes of at least 4 members (excludes halogenated alkanes) is 1. The van der Waals surface area contributed by atoms with Gasteiger partial charge in [0.25, 0.3) is 0 Å². The van der Waals surface area contributed by atoms with Gasteiger partial charge in [-0.2, -0.15) is 0 Å². The lowest BCUT2D eigenvalue weighted by atomic mass is 10.2. The molecule has 1 aliphatic heterocycles. The highest BCUT2D eigenvalue weighted by Crippen LogP contribution is 2.11. The molecule has 0 spiro atoms. The summed E-state index contributed by atoms with van der Waals surface area (Å²) in [6.45, 7) is 11.8. The topological polar surface area (TPSA) is 52.1 Å². The molecular formula is C21H37N5O. The van der Waals surface area contributed by atoms with Crippen molar-refractivity contribution in [1.82, 2.24) is 15.5 Å². The number of guanidine groups is 1. The van der Waals surface area contributed by atoms with Crippen LogP contribution in [0.15, 0.2) is 35.3 Å². The number of anilines is 1. The Labute approximate surface area is 165 Å². The Morgan fingerprint density at radius 1 is 1.19 bits per heavy atom. The predicted molar refractivity (Wildman–Crippen MR) is 115 cm³/mol. The van der Waals surface area contributed by atoms with Gasteiger partial charge in [-0.15, -0.1) is 0 Å². The quantitative estimate of drug-likeness (QED) is 0.373. The molecule has 1 atom stereocenters. The summed E-state index contributed by atoms with van der Waals surface area (Å²) in [5.74, 6) is 0.925. The molecule has 0 bridgehead atoms. The Morgan fingerprint density at radius 3 is 2.63 bits per heavy atom. The highest BCUT2D eigenvalue weighted by Gasteiger charge is 2.16. The van der Waals surface area contributed by atoms with Crippen LogP contribution in [-0.4, -0.2) is 76.4 Å². The number of benzene rings is 1. The van der Waals surface area contributed by atoms with Gasteiger partial charge in [0.1, 0.15) is 0 Å². The fraction of sp³-hybridized carbons (Fsp3) is 0.667. The Kier molecular flexibility index (Phi) is 10.0. The van der Waals surface area contributed by atoms with Crippen molar-refractivity contribution in [2.75, 3.05) is 64.4 Å². The standard InChI is InChI=1S/C21H37N5O/c1-4-22-21(24-18-19(2)26-14-16-27-17-15-26)23-12-8-9-13-25(3)20-10-6-5-7-11-20/h5-7,10-11,19H,4,8-9,12-18H2,1-3H3,(H2,22,23,24). The lowest BCUT2D eigenvalue weighted by Crippen LogP contribution is -2.44. The van der Waals surface area contributed by atoms with Crippen molar-refractivity contribution < 1.29 is 4.74 Å². The van der Waals surface area contributed by atoms with Gasteiger partial charge in [-0.05, 0) is 38.8 Å². The zero-order valence-electron chi connectivity index (χ0n) is 17.3. The first-order valence-electron chi connectivity index (χ1n) is 10.3. The van der Waals surface area contributed by atoms with Crippen LogP contribution in [0.5, 0.6) is 0 Å². The minimum Gasteiger partial charge on any atom is -0.379 e. The van der Waals surface area contributed by atoms with Crippen molar-refractivity contribution in [3.63, 3.8) is 0 Å². The van der Waals surface area contributed by atoms with Crippen LogP contribution in [0, 0.1) is 0 Å². The van der Waals surface area contributed by atoms with Crippen molar-refractivity contribution in [3.8, 4) is 0 Å². The summed E-state index contributed by atoms with van der Waals surface area (Å²) in [5, 5.41) is 6.82. The smallest absolute Gasteiger partial charge is 0.191 e. The first-order chi connectivity index (χ1) is 13.2. The Balaban J connectivity index is 1.66. The highest BCUT2D eigenvalue weighted by molar-refractivity contribution is 5.79. The molecule has 0 aromatic heterocycles. The Hall–Kier alpha value is -1.79. The number of nitrogens with one attached hydrogen (secondary N) is 2. The maximum absolute atomic E-state index is 5.43. The molecule has 2 N–H and O–H groups in total. The minimum atomic E-state index is 0.448. The van der Waals surface area contributed by atoms with E-state index >= 15 is 0 Å². The van der Waals surface area contributed by atoms with Crippen LogP contribution in [0.25, 0.3) is 0 Å². The van der Waals surface area contributed by atoms with Crippen LogP contribution >= 0.6 is 0 Å². The third kappa shape index (κ3) is 8.18. The monoisotopic (exact) mass is 375 g/mol. The number of para-hydroxylation sites is 1. The average Bonchev–Trinajstić information content (AvgIpc) is 2.72. The zero-order valence-corrected chi connectivity index (χ0v) is 17.3. The molecule has 0 amide bonds. The molecule has 6 heteroatoms. The van der Waals surface area contributed by atoms with E-state index in [9.17, 15) is 0 Å². The van der Waals surface area contributed by atoms with E-state index in [1.54, 1.807) is 0 Å². The summed E-state index contributed by atoms with van der Waals surface area (Å²) in [6, 6.07) is 11.0. The van der Waals surface area contributed by atoms with Crippen molar-refractivity contribution in [1.29, 1.82) is 0 Å². The fourth-order valence-electron chi connectivity index (χ4n) is 3.19. The molecule has 1 fully saturated rings. The number of rotatable bonds is 10. The van der Waals surface area contributed by atoms with Gasteiger partial charge in [0.2, 0.25) is 0 Å². The highest BCUT2D eigenvalue weighted by atomic mass is 16.5. The Bertz CT molecular complexity index is 531. The van der Waals surface area contributed by atoms with Crippen LogP contribution < -0.4 is 15.5 Å². The first-order valence-corrected chi connectivity index (χ1v) is 10.3. The number of morpholine rings is 1. The van der Waals surface area contributed by atoms with E-state index in [0.717, 1.165) is 71.3 Å². The molecule has 152 valence electrons. The van der Waals surface area contributed by atoms with Gasteiger partial charge < -0.3 is 20.3 Å². The lowest BCUT2D eigenvalue weighted by molar-refractivity contribution is 0.0220. The van der Waals surface area contributed by atoms with E-state index < -0.39 is 0 Å². The average molecular weight is 376 g/mol. The second kappa shape index (κ2) is 12.6. The summed E-state index contributed by atoms with van der Waals surface area (Å²) in [4.78, 5) is 9.53. The van der Waals surface area contributed by atoms with Crippen molar-refractivity contribution in [2.45, 2.75) is 32.7 Å². The summed E-state index contributed by atoms with van der Waals surface area (Å²) in [7, 11) is 2.15. The SMILES string of the molecule is CCNC(=NCC(C)N1CCOCC1)NCCCCN(C)c1ccccc1. The third-order valence-electron chi connectivity index (χ3n) is 4.94. The van der Waals surface area contributed by atoms with Crippen molar-refractivity contribution in [3.05, 3.63) is 30.3 Å². The molecule has 0 saturated carbocycles. The molecule has 1 unspecified atom stereocenters. The van der Waals surface area contributed by atoms with Crippen molar-refractivity contribution >= 4 is 11.6 Å².